The molecule has 6 heteroatoms. The first-order valence-electron chi connectivity index (χ1n) is 7.33. The van der Waals surface area contributed by atoms with Crippen LogP contribution >= 0.6 is 11.6 Å². The Labute approximate surface area is 129 Å². The quantitative estimate of drug-likeness (QED) is 0.836. The lowest BCUT2D eigenvalue weighted by molar-refractivity contribution is -0.117. The average molecular weight is 310 g/mol. The van der Waals surface area contributed by atoms with Crippen LogP contribution in [0.3, 0.4) is 0 Å². The lowest BCUT2D eigenvalue weighted by Gasteiger charge is -2.31. The monoisotopic (exact) mass is 309 g/mol. The van der Waals surface area contributed by atoms with Crippen LogP contribution in [0.2, 0.25) is 5.02 Å². The molecule has 0 radical (unpaired) electrons. The van der Waals surface area contributed by atoms with Crippen LogP contribution in [-0.2, 0) is 9.53 Å². The molecule has 5 nitrogen and oxygen atoms in total. The SMILES string of the molecule is Nc1ccc(Cl)cc1NC(=O)CCN1CC2CCC(C1)O2. The van der Waals surface area contributed by atoms with E-state index >= 15 is 0 Å². The molecule has 2 unspecified atom stereocenters. The number of carbonyl (C=O) groups excluding carboxylic acids is 1. The molecule has 2 saturated heterocycles. The fraction of sp³-hybridized carbons (Fsp3) is 0.533. The molecular weight excluding hydrogens is 290 g/mol. The third kappa shape index (κ3) is 3.67. The number of likely N-dealkylation sites (tertiary alicyclic amines) is 1. The molecule has 0 spiro atoms. The van der Waals surface area contributed by atoms with Crippen LogP contribution in [-0.4, -0.2) is 42.6 Å². The van der Waals surface area contributed by atoms with E-state index in [0.29, 0.717) is 35.0 Å². The van der Waals surface area contributed by atoms with Crippen LogP contribution in [0.5, 0.6) is 0 Å². The summed E-state index contributed by atoms with van der Waals surface area (Å²) < 4.78 is 5.79. The molecular formula is C15H20ClN3O2. The number of carbonyl (C=O) groups is 1. The molecule has 3 rings (SSSR count). The Morgan fingerprint density at radius 1 is 1.38 bits per heavy atom. The van der Waals surface area contributed by atoms with E-state index in [1.54, 1.807) is 18.2 Å². The number of benzene rings is 1. The maximum atomic E-state index is 12.0. The van der Waals surface area contributed by atoms with E-state index in [0.717, 1.165) is 32.5 Å². The van der Waals surface area contributed by atoms with E-state index in [1.165, 1.54) is 0 Å². The van der Waals surface area contributed by atoms with Crippen molar-refractivity contribution in [1.29, 1.82) is 0 Å². The van der Waals surface area contributed by atoms with Gasteiger partial charge in [0, 0.05) is 31.1 Å². The van der Waals surface area contributed by atoms with Crippen molar-refractivity contribution in [2.45, 2.75) is 31.5 Å². The zero-order chi connectivity index (χ0) is 14.8. The van der Waals surface area contributed by atoms with E-state index in [4.69, 9.17) is 22.1 Å². The number of nitrogen functional groups attached to an aromatic ring is 1. The first kappa shape index (κ1) is 14.6. The summed E-state index contributed by atoms with van der Waals surface area (Å²) in [5.41, 5.74) is 6.92. The predicted octanol–water partition coefficient (Wildman–Crippen LogP) is 2.11. The number of halogens is 1. The van der Waals surface area contributed by atoms with Gasteiger partial charge in [0.2, 0.25) is 5.91 Å². The molecule has 3 N–H and O–H groups in total. The fourth-order valence-electron chi connectivity index (χ4n) is 2.99. The van der Waals surface area contributed by atoms with Gasteiger partial charge in [0.25, 0.3) is 0 Å². The van der Waals surface area contributed by atoms with Crippen molar-refractivity contribution in [2.24, 2.45) is 0 Å². The minimum Gasteiger partial charge on any atom is -0.397 e. The lowest BCUT2D eigenvalue weighted by Crippen LogP contribution is -2.43. The second kappa shape index (κ2) is 6.22. The van der Waals surface area contributed by atoms with Crippen molar-refractivity contribution in [1.82, 2.24) is 4.90 Å². The minimum absolute atomic E-state index is 0.0391. The zero-order valence-electron chi connectivity index (χ0n) is 11.8. The van der Waals surface area contributed by atoms with Crippen LogP contribution in [0, 0.1) is 0 Å². The van der Waals surface area contributed by atoms with Gasteiger partial charge in [-0.1, -0.05) is 11.6 Å². The van der Waals surface area contributed by atoms with Crippen molar-refractivity contribution in [3.8, 4) is 0 Å². The molecule has 2 aliphatic rings. The van der Waals surface area contributed by atoms with Gasteiger partial charge >= 0.3 is 0 Å². The molecule has 2 bridgehead atoms. The topological polar surface area (TPSA) is 67.6 Å². The summed E-state index contributed by atoms with van der Waals surface area (Å²) >= 11 is 5.91. The molecule has 114 valence electrons. The zero-order valence-corrected chi connectivity index (χ0v) is 12.6. The summed E-state index contributed by atoms with van der Waals surface area (Å²) in [4.78, 5) is 14.3. The molecule has 2 atom stereocenters. The van der Waals surface area contributed by atoms with Crippen LogP contribution in [0.25, 0.3) is 0 Å². The van der Waals surface area contributed by atoms with E-state index < -0.39 is 0 Å². The highest BCUT2D eigenvalue weighted by molar-refractivity contribution is 6.31. The second-order valence-electron chi connectivity index (χ2n) is 5.75. The number of fused-ring (bicyclic) bond motifs is 2. The normalized spacial score (nSPS) is 25.0. The number of rotatable bonds is 4. The number of nitrogens with one attached hydrogen (secondary N) is 1. The highest BCUT2D eigenvalue weighted by Crippen LogP contribution is 2.26. The van der Waals surface area contributed by atoms with Crippen LogP contribution in [0.4, 0.5) is 11.4 Å². The van der Waals surface area contributed by atoms with Gasteiger partial charge in [-0.15, -0.1) is 0 Å². The Bertz CT molecular complexity index is 526. The summed E-state index contributed by atoms with van der Waals surface area (Å²) in [6, 6.07) is 5.07. The molecule has 0 aromatic heterocycles. The molecule has 0 aliphatic carbocycles. The second-order valence-corrected chi connectivity index (χ2v) is 6.18. The Morgan fingerprint density at radius 3 is 2.81 bits per heavy atom. The first-order chi connectivity index (χ1) is 10.1. The van der Waals surface area contributed by atoms with Gasteiger partial charge in [0.05, 0.1) is 23.6 Å². The number of anilines is 2. The predicted molar refractivity (Wildman–Crippen MR) is 83.4 cm³/mol. The van der Waals surface area contributed by atoms with Crippen molar-refractivity contribution < 1.29 is 9.53 Å². The molecule has 2 heterocycles. The maximum Gasteiger partial charge on any atom is 0.225 e. The summed E-state index contributed by atoms with van der Waals surface area (Å²) in [6.07, 6.45) is 3.45. The highest BCUT2D eigenvalue weighted by Gasteiger charge is 2.33. The van der Waals surface area contributed by atoms with Crippen molar-refractivity contribution in [2.75, 3.05) is 30.7 Å². The average Bonchev–Trinajstić information content (AvgIpc) is 2.80. The third-order valence-corrected chi connectivity index (χ3v) is 4.30. The standard InChI is InChI=1S/C15H20ClN3O2/c16-10-1-4-13(17)14(7-10)18-15(20)5-6-19-8-11-2-3-12(9-19)21-11/h1,4,7,11-12H,2-3,5-6,8-9,17H2,(H,18,20). The minimum atomic E-state index is -0.0391. The molecule has 2 fully saturated rings. The van der Waals surface area contributed by atoms with Crippen molar-refractivity contribution in [3.05, 3.63) is 23.2 Å². The molecule has 1 aromatic rings. The van der Waals surface area contributed by atoms with Gasteiger partial charge in [-0.2, -0.15) is 0 Å². The molecule has 21 heavy (non-hydrogen) atoms. The smallest absolute Gasteiger partial charge is 0.225 e. The summed E-state index contributed by atoms with van der Waals surface area (Å²) in [5, 5.41) is 3.38. The highest BCUT2D eigenvalue weighted by atomic mass is 35.5. The van der Waals surface area contributed by atoms with E-state index in [-0.39, 0.29) is 5.91 Å². The van der Waals surface area contributed by atoms with Gasteiger partial charge in [0.15, 0.2) is 0 Å². The Balaban J connectivity index is 1.49. The van der Waals surface area contributed by atoms with Crippen LogP contribution < -0.4 is 11.1 Å². The van der Waals surface area contributed by atoms with Crippen molar-refractivity contribution >= 4 is 28.9 Å². The van der Waals surface area contributed by atoms with Gasteiger partial charge < -0.3 is 15.8 Å². The van der Waals surface area contributed by atoms with Crippen LogP contribution in [0.15, 0.2) is 18.2 Å². The largest absolute Gasteiger partial charge is 0.397 e. The number of morpholine rings is 1. The van der Waals surface area contributed by atoms with Gasteiger partial charge in [-0.25, -0.2) is 0 Å². The number of amides is 1. The van der Waals surface area contributed by atoms with E-state index in [2.05, 4.69) is 10.2 Å². The number of nitrogens with two attached hydrogens (primary N) is 1. The molecule has 1 aromatic carbocycles. The van der Waals surface area contributed by atoms with Crippen LogP contribution in [0.1, 0.15) is 19.3 Å². The van der Waals surface area contributed by atoms with Gasteiger partial charge in [-0.3, -0.25) is 9.69 Å². The summed E-state index contributed by atoms with van der Waals surface area (Å²) in [5.74, 6) is -0.0391. The van der Waals surface area contributed by atoms with Gasteiger partial charge in [0.1, 0.15) is 0 Å². The molecule has 2 aliphatic heterocycles. The Kier molecular flexibility index (Phi) is 4.33. The van der Waals surface area contributed by atoms with Crippen molar-refractivity contribution in [3.63, 3.8) is 0 Å². The van der Waals surface area contributed by atoms with Gasteiger partial charge in [-0.05, 0) is 31.0 Å². The number of ether oxygens (including phenoxy) is 1. The number of hydrogen-bond acceptors (Lipinski definition) is 4. The summed E-state index contributed by atoms with van der Waals surface area (Å²) in [6.45, 7) is 2.62. The third-order valence-electron chi connectivity index (χ3n) is 4.06. The first-order valence-corrected chi connectivity index (χ1v) is 7.70. The van der Waals surface area contributed by atoms with E-state index in [9.17, 15) is 4.79 Å². The Morgan fingerprint density at radius 2 is 2.10 bits per heavy atom. The maximum absolute atomic E-state index is 12.0. The number of nitrogens with zero attached hydrogens (tertiary/aromatic N) is 1. The summed E-state index contributed by atoms with van der Waals surface area (Å²) in [7, 11) is 0. The lowest BCUT2D eigenvalue weighted by atomic mass is 10.2. The molecule has 1 amide bonds. The fourth-order valence-corrected chi connectivity index (χ4v) is 3.16. The number of hydrogen-bond donors (Lipinski definition) is 2. The van der Waals surface area contributed by atoms with E-state index in [1.807, 2.05) is 0 Å². The Hall–Kier alpha value is -1.30. The molecule has 0 saturated carbocycles.